The zero-order chi connectivity index (χ0) is 12.3. The maximum Gasteiger partial charge on any atom is 0.135 e. The molecule has 0 aliphatic heterocycles. The normalized spacial score (nSPS) is 10.3. The fraction of sp³-hybridized carbons (Fsp3) is 0.167. The molecule has 1 N–H and O–H groups in total. The van der Waals surface area contributed by atoms with Gasteiger partial charge in [-0.2, -0.15) is 0 Å². The van der Waals surface area contributed by atoms with Crippen LogP contribution in [0, 0.1) is 0 Å². The molecule has 0 unspecified atom stereocenters. The van der Waals surface area contributed by atoms with Crippen LogP contribution in [0.3, 0.4) is 0 Å². The Labute approximate surface area is 110 Å². The summed E-state index contributed by atoms with van der Waals surface area (Å²) in [5.74, 6) is 1.51. The van der Waals surface area contributed by atoms with E-state index in [1.54, 1.807) is 12.3 Å². The Kier molecular flexibility index (Phi) is 3.82. The number of benzene rings is 1. The first-order valence-corrected chi connectivity index (χ1v) is 5.88. The molecule has 0 saturated carbocycles. The van der Waals surface area contributed by atoms with E-state index in [1.807, 2.05) is 25.2 Å². The number of anilines is 1. The predicted molar refractivity (Wildman–Crippen MR) is 70.8 cm³/mol. The van der Waals surface area contributed by atoms with Crippen molar-refractivity contribution in [3.63, 3.8) is 0 Å². The van der Waals surface area contributed by atoms with Crippen molar-refractivity contribution in [2.24, 2.45) is 0 Å². The summed E-state index contributed by atoms with van der Waals surface area (Å²) in [4.78, 5) is 8.54. The van der Waals surface area contributed by atoms with Crippen molar-refractivity contribution < 1.29 is 0 Å². The Hall–Kier alpha value is -1.32. The van der Waals surface area contributed by atoms with Gasteiger partial charge >= 0.3 is 0 Å². The topological polar surface area (TPSA) is 37.8 Å². The van der Waals surface area contributed by atoms with Crippen LogP contribution in [0.1, 0.15) is 11.4 Å². The van der Waals surface area contributed by atoms with Crippen LogP contribution in [-0.2, 0) is 6.42 Å². The van der Waals surface area contributed by atoms with Crippen LogP contribution in [0.15, 0.2) is 30.5 Å². The molecule has 0 spiro atoms. The van der Waals surface area contributed by atoms with Crippen molar-refractivity contribution in [2.45, 2.75) is 6.42 Å². The highest BCUT2D eigenvalue weighted by atomic mass is 35.5. The molecule has 17 heavy (non-hydrogen) atoms. The number of hydrogen-bond donors (Lipinski definition) is 1. The monoisotopic (exact) mass is 267 g/mol. The molecule has 0 amide bonds. The van der Waals surface area contributed by atoms with Gasteiger partial charge in [0.2, 0.25) is 0 Å². The lowest BCUT2D eigenvalue weighted by Crippen LogP contribution is -2.00. The SMILES string of the molecule is CNc1ccnc(Cc2ccc(Cl)cc2Cl)n1. The molecule has 0 bridgehead atoms. The second-order valence-corrected chi connectivity index (χ2v) is 4.36. The first kappa shape index (κ1) is 12.1. The van der Waals surface area contributed by atoms with E-state index < -0.39 is 0 Å². The predicted octanol–water partition coefficient (Wildman–Crippen LogP) is 3.42. The highest BCUT2D eigenvalue weighted by molar-refractivity contribution is 6.35. The second-order valence-electron chi connectivity index (χ2n) is 3.52. The molecule has 2 aromatic rings. The Balaban J connectivity index is 2.25. The fourth-order valence-electron chi connectivity index (χ4n) is 1.46. The van der Waals surface area contributed by atoms with E-state index in [2.05, 4.69) is 15.3 Å². The summed E-state index contributed by atoms with van der Waals surface area (Å²) in [6, 6.07) is 7.23. The minimum atomic E-state index is 0.589. The van der Waals surface area contributed by atoms with Crippen LogP contribution < -0.4 is 5.32 Å². The maximum absolute atomic E-state index is 6.10. The van der Waals surface area contributed by atoms with E-state index in [4.69, 9.17) is 23.2 Å². The molecule has 0 aliphatic carbocycles. The second kappa shape index (κ2) is 5.34. The molecule has 0 fully saturated rings. The molecule has 88 valence electrons. The Morgan fingerprint density at radius 1 is 1.24 bits per heavy atom. The van der Waals surface area contributed by atoms with Crippen LogP contribution in [0.2, 0.25) is 10.0 Å². The van der Waals surface area contributed by atoms with E-state index in [-0.39, 0.29) is 0 Å². The lowest BCUT2D eigenvalue weighted by atomic mass is 10.1. The zero-order valence-electron chi connectivity index (χ0n) is 9.24. The molecule has 5 heteroatoms. The number of aromatic nitrogens is 2. The standard InChI is InChI=1S/C12H11Cl2N3/c1-15-11-4-5-16-12(17-11)6-8-2-3-9(13)7-10(8)14/h2-5,7H,6H2,1H3,(H,15,16,17). The van der Waals surface area contributed by atoms with Crippen LogP contribution in [-0.4, -0.2) is 17.0 Å². The van der Waals surface area contributed by atoms with Gasteiger partial charge in [0.1, 0.15) is 11.6 Å². The summed E-state index contributed by atoms with van der Waals surface area (Å²) >= 11 is 11.9. The molecule has 2 rings (SSSR count). The van der Waals surface area contributed by atoms with Gasteiger partial charge in [-0.1, -0.05) is 29.3 Å². The molecule has 3 nitrogen and oxygen atoms in total. The number of nitrogens with one attached hydrogen (secondary N) is 1. The van der Waals surface area contributed by atoms with E-state index in [9.17, 15) is 0 Å². The molecular formula is C12H11Cl2N3. The lowest BCUT2D eigenvalue weighted by molar-refractivity contribution is 0.969. The van der Waals surface area contributed by atoms with Crippen molar-refractivity contribution in [3.8, 4) is 0 Å². The largest absolute Gasteiger partial charge is 0.373 e. The van der Waals surface area contributed by atoms with Crippen LogP contribution >= 0.6 is 23.2 Å². The summed E-state index contributed by atoms with van der Waals surface area (Å²) in [6.45, 7) is 0. The van der Waals surface area contributed by atoms with Gasteiger partial charge < -0.3 is 5.32 Å². The zero-order valence-corrected chi connectivity index (χ0v) is 10.8. The maximum atomic E-state index is 6.10. The first-order valence-electron chi connectivity index (χ1n) is 5.12. The Bertz CT molecular complexity index is 529. The molecule has 0 aliphatic rings. The minimum Gasteiger partial charge on any atom is -0.373 e. The van der Waals surface area contributed by atoms with Gasteiger partial charge in [0.05, 0.1) is 0 Å². The first-order chi connectivity index (χ1) is 8.19. The molecule has 1 aromatic heterocycles. The molecular weight excluding hydrogens is 257 g/mol. The third-order valence-electron chi connectivity index (χ3n) is 2.33. The number of hydrogen-bond acceptors (Lipinski definition) is 3. The summed E-state index contributed by atoms with van der Waals surface area (Å²) in [6.07, 6.45) is 2.31. The highest BCUT2D eigenvalue weighted by Crippen LogP contribution is 2.22. The smallest absolute Gasteiger partial charge is 0.135 e. The van der Waals surface area contributed by atoms with Crippen LogP contribution in [0.25, 0.3) is 0 Å². The van der Waals surface area contributed by atoms with Gasteiger partial charge in [0.15, 0.2) is 0 Å². The third kappa shape index (κ3) is 3.08. The number of nitrogens with zero attached hydrogens (tertiary/aromatic N) is 2. The molecule has 1 heterocycles. The van der Waals surface area contributed by atoms with Crippen molar-refractivity contribution >= 4 is 29.0 Å². The quantitative estimate of drug-likeness (QED) is 0.926. The molecule has 0 radical (unpaired) electrons. The summed E-state index contributed by atoms with van der Waals surface area (Å²) in [7, 11) is 1.82. The van der Waals surface area contributed by atoms with Crippen molar-refractivity contribution in [2.75, 3.05) is 12.4 Å². The van der Waals surface area contributed by atoms with Gasteiger partial charge in [-0.25, -0.2) is 9.97 Å². The van der Waals surface area contributed by atoms with E-state index in [0.29, 0.717) is 16.5 Å². The number of rotatable bonds is 3. The van der Waals surface area contributed by atoms with Crippen molar-refractivity contribution in [1.29, 1.82) is 0 Å². The van der Waals surface area contributed by atoms with E-state index >= 15 is 0 Å². The molecule has 0 saturated heterocycles. The van der Waals surface area contributed by atoms with Gasteiger partial charge in [0, 0.05) is 29.7 Å². The van der Waals surface area contributed by atoms with Gasteiger partial charge in [-0.05, 0) is 23.8 Å². The Morgan fingerprint density at radius 2 is 2.06 bits per heavy atom. The van der Waals surface area contributed by atoms with Crippen LogP contribution in [0.5, 0.6) is 0 Å². The average Bonchev–Trinajstić information content (AvgIpc) is 2.33. The van der Waals surface area contributed by atoms with Gasteiger partial charge in [0.25, 0.3) is 0 Å². The Morgan fingerprint density at radius 3 is 2.76 bits per heavy atom. The molecule has 1 aromatic carbocycles. The van der Waals surface area contributed by atoms with E-state index in [0.717, 1.165) is 17.2 Å². The van der Waals surface area contributed by atoms with Gasteiger partial charge in [-0.3, -0.25) is 0 Å². The highest BCUT2D eigenvalue weighted by Gasteiger charge is 2.05. The number of halogens is 2. The summed E-state index contributed by atoms with van der Waals surface area (Å²) < 4.78 is 0. The summed E-state index contributed by atoms with van der Waals surface area (Å²) in [5, 5.41) is 4.24. The summed E-state index contributed by atoms with van der Waals surface area (Å²) in [5.41, 5.74) is 0.962. The van der Waals surface area contributed by atoms with Gasteiger partial charge in [-0.15, -0.1) is 0 Å². The van der Waals surface area contributed by atoms with Crippen molar-refractivity contribution in [1.82, 2.24) is 9.97 Å². The van der Waals surface area contributed by atoms with Crippen molar-refractivity contribution in [3.05, 3.63) is 51.9 Å². The average molecular weight is 268 g/mol. The van der Waals surface area contributed by atoms with E-state index in [1.165, 1.54) is 0 Å². The van der Waals surface area contributed by atoms with Crippen LogP contribution in [0.4, 0.5) is 5.82 Å². The molecule has 0 atom stereocenters. The third-order valence-corrected chi connectivity index (χ3v) is 2.91. The minimum absolute atomic E-state index is 0.589. The fourth-order valence-corrected chi connectivity index (χ4v) is 1.93. The lowest BCUT2D eigenvalue weighted by Gasteiger charge is -2.05.